The highest BCUT2D eigenvalue weighted by molar-refractivity contribution is 5.78. The standard InChI is InChI=1S/C17H25N3O2/c21-17(14-19-8-10-22-11-9-19)20-6-3-15(4-7-20)12-16-2-1-5-18-13-16/h1-2,5,13,15H,3-4,6-12,14H2. The molecule has 22 heavy (non-hydrogen) atoms. The SMILES string of the molecule is O=C(CN1CCOCC1)N1CCC(Cc2cccnc2)CC1. The Balaban J connectivity index is 1.42. The van der Waals surface area contributed by atoms with Crippen molar-refractivity contribution in [2.75, 3.05) is 45.9 Å². The van der Waals surface area contributed by atoms with Gasteiger partial charge in [-0.2, -0.15) is 0 Å². The van der Waals surface area contributed by atoms with Gasteiger partial charge in [0.15, 0.2) is 0 Å². The second-order valence-electron chi connectivity index (χ2n) is 6.28. The van der Waals surface area contributed by atoms with Crippen LogP contribution in [0.5, 0.6) is 0 Å². The summed E-state index contributed by atoms with van der Waals surface area (Å²) < 4.78 is 5.33. The topological polar surface area (TPSA) is 45.7 Å². The van der Waals surface area contributed by atoms with E-state index in [0.717, 1.165) is 58.7 Å². The van der Waals surface area contributed by atoms with Gasteiger partial charge in [-0.3, -0.25) is 14.7 Å². The molecule has 5 nitrogen and oxygen atoms in total. The number of carbonyl (C=O) groups is 1. The summed E-state index contributed by atoms with van der Waals surface area (Å²) in [5.41, 5.74) is 1.31. The molecular weight excluding hydrogens is 278 g/mol. The molecule has 0 atom stereocenters. The summed E-state index contributed by atoms with van der Waals surface area (Å²) in [5, 5.41) is 0. The van der Waals surface area contributed by atoms with Crippen LogP contribution >= 0.6 is 0 Å². The summed E-state index contributed by atoms with van der Waals surface area (Å²) in [6, 6.07) is 4.14. The number of nitrogens with zero attached hydrogens (tertiary/aromatic N) is 3. The van der Waals surface area contributed by atoms with Gasteiger partial charge in [-0.15, -0.1) is 0 Å². The number of hydrogen-bond donors (Lipinski definition) is 0. The van der Waals surface area contributed by atoms with Crippen LogP contribution in [0.3, 0.4) is 0 Å². The average molecular weight is 303 g/mol. The minimum Gasteiger partial charge on any atom is -0.379 e. The molecule has 0 aliphatic carbocycles. The first kappa shape index (κ1) is 15.4. The maximum atomic E-state index is 12.4. The summed E-state index contributed by atoms with van der Waals surface area (Å²) >= 11 is 0. The molecule has 0 spiro atoms. The van der Waals surface area contributed by atoms with E-state index in [1.54, 1.807) is 0 Å². The van der Waals surface area contributed by atoms with Crippen molar-refractivity contribution in [1.82, 2.24) is 14.8 Å². The van der Waals surface area contributed by atoms with E-state index in [-0.39, 0.29) is 5.91 Å². The third-order valence-electron chi connectivity index (χ3n) is 4.68. The normalized spacial score (nSPS) is 21.0. The molecule has 2 fully saturated rings. The molecule has 3 rings (SSSR count). The number of aromatic nitrogens is 1. The first-order valence-corrected chi connectivity index (χ1v) is 8.28. The van der Waals surface area contributed by atoms with Crippen LogP contribution in [-0.2, 0) is 16.0 Å². The number of carbonyl (C=O) groups excluding carboxylic acids is 1. The van der Waals surface area contributed by atoms with Gasteiger partial charge < -0.3 is 9.64 Å². The molecule has 0 saturated carbocycles. The van der Waals surface area contributed by atoms with Gasteiger partial charge >= 0.3 is 0 Å². The lowest BCUT2D eigenvalue weighted by Gasteiger charge is -2.34. The second-order valence-corrected chi connectivity index (χ2v) is 6.28. The van der Waals surface area contributed by atoms with E-state index in [9.17, 15) is 4.79 Å². The fourth-order valence-electron chi connectivity index (χ4n) is 3.29. The number of morpholine rings is 1. The molecule has 1 aromatic heterocycles. The number of likely N-dealkylation sites (tertiary alicyclic amines) is 1. The highest BCUT2D eigenvalue weighted by Gasteiger charge is 2.24. The van der Waals surface area contributed by atoms with Gasteiger partial charge in [-0.05, 0) is 36.8 Å². The zero-order valence-corrected chi connectivity index (χ0v) is 13.1. The zero-order valence-electron chi connectivity index (χ0n) is 13.1. The van der Waals surface area contributed by atoms with Crippen LogP contribution in [0.2, 0.25) is 0 Å². The Bertz CT molecular complexity index is 466. The molecule has 1 amide bonds. The van der Waals surface area contributed by atoms with Gasteiger partial charge in [0.1, 0.15) is 0 Å². The highest BCUT2D eigenvalue weighted by atomic mass is 16.5. The third kappa shape index (κ3) is 4.27. The van der Waals surface area contributed by atoms with Crippen LogP contribution in [0.4, 0.5) is 0 Å². The van der Waals surface area contributed by atoms with Crippen molar-refractivity contribution in [3.63, 3.8) is 0 Å². The van der Waals surface area contributed by atoms with Crippen molar-refractivity contribution in [2.45, 2.75) is 19.3 Å². The molecule has 3 heterocycles. The molecule has 0 N–H and O–H groups in total. The monoisotopic (exact) mass is 303 g/mol. The molecule has 120 valence electrons. The highest BCUT2D eigenvalue weighted by Crippen LogP contribution is 2.21. The van der Waals surface area contributed by atoms with E-state index in [2.05, 4.69) is 16.0 Å². The number of ether oxygens (including phenoxy) is 1. The Morgan fingerprint density at radius 2 is 2.00 bits per heavy atom. The number of piperidine rings is 1. The molecule has 2 aliphatic heterocycles. The Morgan fingerprint density at radius 1 is 1.23 bits per heavy atom. The van der Waals surface area contributed by atoms with Crippen molar-refractivity contribution < 1.29 is 9.53 Å². The summed E-state index contributed by atoms with van der Waals surface area (Å²) in [6.07, 6.45) is 7.05. The molecule has 0 unspecified atom stereocenters. The predicted octanol–water partition coefficient (Wildman–Crippen LogP) is 1.19. The summed E-state index contributed by atoms with van der Waals surface area (Å²) in [5.74, 6) is 0.957. The van der Waals surface area contributed by atoms with Crippen molar-refractivity contribution in [3.05, 3.63) is 30.1 Å². The van der Waals surface area contributed by atoms with Crippen molar-refractivity contribution in [3.8, 4) is 0 Å². The van der Waals surface area contributed by atoms with Crippen LogP contribution in [0.15, 0.2) is 24.5 Å². The van der Waals surface area contributed by atoms with Crippen molar-refractivity contribution >= 4 is 5.91 Å². The average Bonchev–Trinajstić information content (AvgIpc) is 2.57. The van der Waals surface area contributed by atoms with E-state index in [0.29, 0.717) is 12.5 Å². The summed E-state index contributed by atoms with van der Waals surface area (Å²) in [6.45, 7) is 5.60. The Kier molecular flexibility index (Phi) is 5.40. The molecule has 1 aromatic rings. The zero-order chi connectivity index (χ0) is 15.2. The van der Waals surface area contributed by atoms with E-state index < -0.39 is 0 Å². The third-order valence-corrected chi connectivity index (χ3v) is 4.68. The van der Waals surface area contributed by atoms with Gasteiger partial charge in [0.25, 0.3) is 0 Å². The largest absolute Gasteiger partial charge is 0.379 e. The lowest BCUT2D eigenvalue weighted by Crippen LogP contribution is -2.47. The van der Waals surface area contributed by atoms with E-state index >= 15 is 0 Å². The smallest absolute Gasteiger partial charge is 0.236 e. The maximum Gasteiger partial charge on any atom is 0.236 e. The number of rotatable bonds is 4. The lowest BCUT2D eigenvalue weighted by atomic mass is 9.90. The molecule has 5 heteroatoms. The number of pyridine rings is 1. The maximum absolute atomic E-state index is 12.4. The minimum atomic E-state index is 0.279. The first-order valence-electron chi connectivity index (χ1n) is 8.28. The first-order chi connectivity index (χ1) is 10.8. The van der Waals surface area contributed by atoms with Crippen LogP contribution < -0.4 is 0 Å². The van der Waals surface area contributed by atoms with Crippen LogP contribution in [0.25, 0.3) is 0 Å². The molecule has 0 radical (unpaired) electrons. The van der Waals surface area contributed by atoms with Crippen molar-refractivity contribution in [1.29, 1.82) is 0 Å². The fourth-order valence-corrected chi connectivity index (χ4v) is 3.29. The van der Waals surface area contributed by atoms with Gasteiger partial charge in [0, 0.05) is 38.6 Å². The predicted molar refractivity (Wildman–Crippen MR) is 84.5 cm³/mol. The van der Waals surface area contributed by atoms with Gasteiger partial charge in [-0.1, -0.05) is 6.07 Å². The molecular formula is C17H25N3O2. The minimum absolute atomic E-state index is 0.279. The quantitative estimate of drug-likeness (QED) is 0.838. The van der Waals surface area contributed by atoms with Crippen LogP contribution in [0, 0.1) is 5.92 Å². The molecule has 2 saturated heterocycles. The number of amides is 1. The van der Waals surface area contributed by atoms with Crippen LogP contribution in [0.1, 0.15) is 18.4 Å². The van der Waals surface area contributed by atoms with Gasteiger partial charge in [0.2, 0.25) is 5.91 Å². The van der Waals surface area contributed by atoms with E-state index in [1.807, 2.05) is 23.4 Å². The van der Waals surface area contributed by atoms with Crippen molar-refractivity contribution in [2.24, 2.45) is 5.92 Å². The summed E-state index contributed by atoms with van der Waals surface area (Å²) in [4.78, 5) is 20.8. The fraction of sp³-hybridized carbons (Fsp3) is 0.647. The van der Waals surface area contributed by atoms with Gasteiger partial charge in [-0.25, -0.2) is 0 Å². The Hall–Kier alpha value is -1.46. The molecule has 2 aliphatic rings. The van der Waals surface area contributed by atoms with Crippen LogP contribution in [-0.4, -0.2) is 66.6 Å². The molecule has 0 bridgehead atoms. The van der Waals surface area contributed by atoms with E-state index in [1.165, 1.54) is 5.56 Å². The molecule has 0 aromatic carbocycles. The number of hydrogen-bond acceptors (Lipinski definition) is 4. The Labute approximate surface area is 132 Å². The Morgan fingerprint density at radius 3 is 2.68 bits per heavy atom. The lowest BCUT2D eigenvalue weighted by molar-refractivity contribution is -0.134. The van der Waals surface area contributed by atoms with Gasteiger partial charge in [0.05, 0.1) is 19.8 Å². The summed E-state index contributed by atoms with van der Waals surface area (Å²) in [7, 11) is 0. The second kappa shape index (κ2) is 7.70. The van der Waals surface area contributed by atoms with E-state index in [4.69, 9.17) is 4.74 Å².